The van der Waals surface area contributed by atoms with E-state index in [1.54, 1.807) is 0 Å². The van der Waals surface area contributed by atoms with E-state index < -0.39 is 0 Å². The van der Waals surface area contributed by atoms with Gasteiger partial charge in [-0.25, -0.2) is 0 Å². The number of thioether (sulfide) groups is 1. The summed E-state index contributed by atoms with van der Waals surface area (Å²) in [6.45, 7) is 10.1. The second kappa shape index (κ2) is 8.24. The summed E-state index contributed by atoms with van der Waals surface area (Å²) >= 11 is 2.10. The molecule has 0 spiro atoms. The van der Waals surface area contributed by atoms with Gasteiger partial charge in [-0.15, -0.1) is 11.8 Å². The Labute approximate surface area is 135 Å². The van der Waals surface area contributed by atoms with E-state index in [-0.39, 0.29) is 0 Å². The second-order valence-electron chi connectivity index (χ2n) is 6.53. The van der Waals surface area contributed by atoms with Crippen LogP contribution in [0.5, 0.6) is 0 Å². The van der Waals surface area contributed by atoms with Crippen LogP contribution in [0.2, 0.25) is 0 Å². The average molecular weight is 306 g/mol. The first-order chi connectivity index (χ1) is 10.1. The second-order valence-corrected chi connectivity index (χ2v) is 7.85. The van der Waals surface area contributed by atoms with Crippen LogP contribution in [-0.4, -0.2) is 17.8 Å². The summed E-state index contributed by atoms with van der Waals surface area (Å²) in [4.78, 5) is 1.45. The number of hydrogen-bond acceptors (Lipinski definition) is 2. The maximum absolute atomic E-state index is 3.72. The first-order valence-electron chi connectivity index (χ1n) is 8.61. The van der Waals surface area contributed by atoms with E-state index in [1.165, 1.54) is 48.1 Å². The van der Waals surface area contributed by atoms with Crippen molar-refractivity contribution >= 4 is 11.8 Å². The van der Waals surface area contributed by atoms with Gasteiger partial charge in [-0.05, 0) is 68.8 Å². The molecular formula is C19H31NS. The van der Waals surface area contributed by atoms with Gasteiger partial charge in [0.2, 0.25) is 0 Å². The molecule has 1 aromatic rings. The maximum atomic E-state index is 3.72. The standard InChI is InChI=1S/C19H31NS/c1-5-7-16-9-11-18(20-6-2)19(13-16)21-17-10-8-14(3)15(4)12-17/h8,10,12,16,18-20H,5-7,9,11,13H2,1-4H3. The number of hydrogen-bond donors (Lipinski definition) is 1. The van der Waals surface area contributed by atoms with Crippen LogP contribution in [-0.2, 0) is 0 Å². The van der Waals surface area contributed by atoms with Crippen LogP contribution in [0.1, 0.15) is 57.1 Å². The Kier molecular flexibility index (Phi) is 6.63. The van der Waals surface area contributed by atoms with E-state index in [0.29, 0.717) is 6.04 Å². The smallest absolute Gasteiger partial charge is 0.0251 e. The fraction of sp³-hybridized carbons (Fsp3) is 0.684. The molecule has 118 valence electrons. The van der Waals surface area contributed by atoms with Gasteiger partial charge in [0.25, 0.3) is 0 Å². The largest absolute Gasteiger partial charge is 0.313 e. The van der Waals surface area contributed by atoms with Crippen molar-refractivity contribution in [2.45, 2.75) is 76.0 Å². The Morgan fingerprint density at radius 3 is 2.62 bits per heavy atom. The molecule has 3 unspecified atom stereocenters. The summed E-state index contributed by atoms with van der Waals surface area (Å²) in [6.07, 6.45) is 6.88. The van der Waals surface area contributed by atoms with Crippen molar-refractivity contribution < 1.29 is 0 Å². The monoisotopic (exact) mass is 305 g/mol. The zero-order valence-corrected chi connectivity index (χ0v) is 14.9. The van der Waals surface area contributed by atoms with Gasteiger partial charge in [0.1, 0.15) is 0 Å². The predicted molar refractivity (Wildman–Crippen MR) is 95.3 cm³/mol. The molecule has 1 nitrogen and oxygen atoms in total. The van der Waals surface area contributed by atoms with Crippen LogP contribution < -0.4 is 5.32 Å². The Morgan fingerprint density at radius 1 is 1.14 bits per heavy atom. The van der Waals surface area contributed by atoms with E-state index in [4.69, 9.17) is 0 Å². The average Bonchev–Trinajstić information content (AvgIpc) is 2.46. The van der Waals surface area contributed by atoms with Gasteiger partial charge in [0, 0.05) is 16.2 Å². The highest BCUT2D eigenvalue weighted by Crippen LogP contribution is 2.38. The minimum atomic E-state index is 0.690. The molecule has 1 aromatic carbocycles. The highest BCUT2D eigenvalue weighted by molar-refractivity contribution is 8.00. The molecule has 0 aromatic heterocycles. The summed E-state index contributed by atoms with van der Waals surface area (Å²) in [5.74, 6) is 0.939. The van der Waals surface area contributed by atoms with Gasteiger partial charge in [0.05, 0.1) is 0 Å². The van der Waals surface area contributed by atoms with E-state index in [1.807, 2.05) is 0 Å². The van der Waals surface area contributed by atoms with Crippen LogP contribution in [0.4, 0.5) is 0 Å². The number of rotatable bonds is 6. The number of benzene rings is 1. The third-order valence-electron chi connectivity index (χ3n) is 4.83. The van der Waals surface area contributed by atoms with Gasteiger partial charge in [-0.1, -0.05) is 32.8 Å². The number of aryl methyl sites for hydroxylation is 2. The lowest BCUT2D eigenvalue weighted by Gasteiger charge is -2.36. The van der Waals surface area contributed by atoms with Crippen molar-refractivity contribution in [3.05, 3.63) is 29.3 Å². The van der Waals surface area contributed by atoms with Crippen molar-refractivity contribution in [3.63, 3.8) is 0 Å². The molecular weight excluding hydrogens is 274 g/mol. The lowest BCUT2D eigenvalue weighted by molar-refractivity contribution is 0.289. The van der Waals surface area contributed by atoms with E-state index >= 15 is 0 Å². The zero-order valence-electron chi connectivity index (χ0n) is 14.1. The Hall–Kier alpha value is -0.470. The van der Waals surface area contributed by atoms with Gasteiger partial charge < -0.3 is 5.32 Å². The molecule has 0 saturated heterocycles. The molecule has 2 heteroatoms. The van der Waals surface area contributed by atoms with Gasteiger partial charge in [0.15, 0.2) is 0 Å². The minimum absolute atomic E-state index is 0.690. The maximum Gasteiger partial charge on any atom is 0.0251 e. The lowest BCUT2D eigenvalue weighted by Crippen LogP contribution is -2.42. The molecule has 0 amide bonds. The topological polar surface area (TPSA) is 12.0 Å². The molecule has 1 fully saturated rings. The molecule has 1 N–H and O–H groups in total. The van der Waals surface area contributed by atoms with Crippen molar-refractivity contribution in [1.29, 1.82) is 0 Å². The van der Waals surface area contributed by atoms with Gasteiger partial charge in [-0.2, -0.15) is 0 Å². The molecule has 0 radical (unpaired) electrons. The van der Waals surface area contributed by atoms with Crippen LogP contribution >= 0.6 is 11.8 Å². The summed E-state index contributed by atoms with van der Waals surface area (Å²) in [6, 6.07) is 7.63. The van der Waals surface area contributed by atoms with Crippen LogP contribution in [0, 0.1) is 19.8 Å². The molecule has 2 rings (SSSR count). The highest BCUT2D eigenvalue weighted by Gasteiger charge is 2.30. The summed E-state index contributed by atoms with van der Waals surface area (Å²) in [5, 5.41) is 4.46. The van der Waals surface area contributed by atoms with Gasteiger partial charge in [-0.3, -0.25) is 0 Å². The van der Waals surface area contributed by atoms with Crippen LogP contribution in [0.25, 0.3) is 0 Å². The van der Waals surface area contributed by atoms with E-state index in [0.717, 1.165) is 17.7 Å². The van der Waals surface area contributed by atoms with Crippen molar-refractivity contribution in [3.8, 4) is 0 Å². The van der Waals surface area contributed by atoms with Crippen molar-refractivity contribution in [2.24, 2.45) is 5.92 Å². The zero-order chi connectivity index (χ0) is 15.2. The van der Waals surface area contributed by atoms with Crippen molar-refractivity contribution in [1.82, 2.24) is 5.32 Å². The quantitative estimate of drug-likeness (QED) is 0.761. The van der Waals surface area contributed by atoms with E-state index in [9.17, 15) is 0 Å². The molecule has 0 aliphatic heterocycles. The normalized spacial score (nSPS) is 26.0. The Bertz CT molecular complexity index is 443. The summed E-state index contributed by atoms with van der Waals surface area (Å²) in [5.41, 5.74) is 2.82. The Balaban J connectivity index is 2.05. The predicted octanol–water partition coefficient (Wildman–Crippen LogP) is 5.34. The number of nitrogens with one attached hydrogen (secondary N) is 1. The molecule has 1 saturated carbocycles. The van der Waals surface area contributed by atoms with Gasteiger partial charge >= 0.3 is 0 Å². The molecule has 1 aliphatic rings. The van der Waals surface area contributed by atoms with Crippen molar-refractivity contribution in [2.75, 3.05) is 6.54 Å². The highest BCUT2D eigenvalue weighted by atomic mass is 32.2. The van der Waals surface area contributed by atoms with E-state index in [2.05, 4.69) is 63.0 Å². The molecule has 0 heterocycles. The SMILES string of the molecule is CCCC1CCC(NCC)C(Sc2ccc(C)c(C)c2)C1. The Morgan fingerprint density at radius 2 is 1.95 bits per heavy atom. The lowest BCUT2D eigenvalue weighted by atomic mass is 9.83. The molecule has 3 atom stereocenters. The fourth-order valence-electron chi connectivity index (χ4n) is 3.47. The summed E-state index contributed by atoms with van der Waals surface area (Å²) in [7, 11) is 0. The first kappa shape index (κ1) is 16.9. The van der Waals surface area contributed by atoms with Crippen LogP contribution in [0.3, 0.4) is 0 Å². The molecule has 1 aliphatic carbocycles. The minimum Gasteiger partial charge on any atom is -0.313 e. The fourth-order valence-corrected chi connectivity index (χ4v) is 4.98. The molecule has 0 bridgehead atoms. The summed E-state index contributed by atoms with van der Waals surface area (Å²) < 4.78 is 0. The van der Waals surface area contributed by atoms with Crippen LogP contribution in [0.15, 0.2) is 23.1 Å². The molecule has 21 heavy (non-hydrogen) atoms. The third-order valence-corrected chi connectivity index (χ3v) is 6.18. The third kappa shape index (κ3) is 4.75. The first-order valence-corrected chi connectivity index (χ1v) is 9.49.